The molecule has 2 aromatic rings. The topological polar surface area (TPSA) is 26.2 Å². The lowest BCUT2D eigenvalue weighted by atomic mass is 10.1. The van der Waals surface area contributed by atoms with E-state index >= 15 is 0 Å². The van der Waals surface area contributed by atoms with E-state index in [1.165, 1.54) is 35.0 Å². The number of rotatable bonds is 2. The zero-order chi connectivity index (χ0) is 12.7. The number of nitrogens with zero attached hydrogens (tertiary/aromatic N) is 1. The van der Waals surface area contributed by atoms with Crippen LogP contribution in [-0.4, -0.2) is 18.2 Å². The first-order valence-electron chi connectivity index (χ1n) is 6.58. The Kier molecular flexibility index (Phi) is 2.78. The lowest BCUT2D eigenvalue weighted by Crippen LogP contribution is -2.15. The molecule has 0 bridgehead atoms. The van der Waals surface area contributed by atoms with Crippen LogP contribution in [0.5, 0.6) is 5.75 Å². The van der Waals surface area contributed by atoms with Crippen molar-refractivity contribution < 1.29 is 4.74 Å². The Hall–Kier alpha value is -1.48. The Morgan fingerprint density at radius 1 is 1.39 bits per heavy atom. The molecule has 1 unspecified atom stereocenters. The molecule has 1 atom stereocenters. The van der Waals surface area contributed by atoms with E-state index in [0.29, 0.717) is 6.04 Å². The van der Waals surface area contributed by atoms with E-state index in [1.807, 2.05) is 0 Å². The Bertz CT molecular complexity index is 580. The van der Waals surface area contributed by atoms with E-state index in [4.69, 9.17) is 4.74 Å². The lowest BCUT2D eigenvalue weighted by molar-refractivity contribution is 0.417. The van der Waals surface area contributed by atoms with Gasteiger partial charge in [0.2, 0.25) is 0 Å². The van der Waals surface area contributed by atoms with Crippen LogP contribution in [0.2, 0.25) is 0 Å². The third kappa shape index (κ3) is 1.62. The molecule has 1 aromatic carbocycles. The van der Waals surface area contributed by atoms with Gasteiger partial charge in [0.1, 0.15) is 5.75 Å². The summed E-state index contributed by atoms with van der Waals surface area (Å²) in [4.78, 5) is 0. The van der Waals surface area contributed by atoms with Crippen molar-refractivity contribution in [3.8, 4) is 5.75 Å². The molecule has 18 heavy (non-hydrogen) atoms. The maximum Gasteiger partial charge on any atom is 0.143 e. The largest absolute Gasteiger partial charge is 0.495 e. The van der Waals surface area contributed by atoms with Gasteiger partial charge in [0.05, 0.1) is 12.6 Å². The van der Waals surface area contributed by atoms with Gasteiger partial charge in [0.25, 0.3) is 0 Å². The van der Waals surface area contributed by atoms with Crippen LogP contribution in [0, 0.1) is 6.92 Å². The van der Waals surface area contributed by atoms with Crippen LogP contribution in [-0.2, 0) is 7.05 Å². The molecule has 1 fully saturated rings. The van der Waals surface area contributed by atoms with Gasteiger partial charge in [-0.2, -0.15) is 0 Å². The van der Waals surface area contributed by atoms with Crippen molar-refractivity contribution in [2.45, 2.75) is 25.8 Å². The first-order valence-corrected chi connectivity index (χ1v) is 6.58. The van der Waals surface area contributed by atoms with E-state index in [9.17, 15) is 0 Å². The highest BCUT2D eigenvalue weighted by atomic mass is 16.5. The van der Waals surface area contributed by atoms with Gasteiger partial charge in [-0.1, -0.05) is 6.07 Å². The maximum atomic E-state index is 5.50. The molecule has 3 heteroatoms. The number of methoxy groups -OCH3 is 1. The fourth-order valence-electron chi connectivity index (χ4n) is 3.03. The number of ether oxygens (including phenoxy) is 1. The van der Waals surface area contributed by atoms with Gasteiger partial charge in [-0.25, -0.2) is 0 Å². The molecule has 3 rings (SSSR count). The Balaban J connectivity index is 2.23. The smallest absolute Gasteiger partial charge is 0.143 e. The predicted octanol–water partition coefficient (Wildman–Crippen LogP) is 2.92. The molecule has 1 aliphatic rings. The minimum Gasteiger partial charge on any atom is -0.495 e. The summed E-state index contributed by atoms with van der Waals surface area (Å²) in [5.41, 5.74) is 3.89. The zero-order valence-corrected chi connectivity index (χ0v) is 11.3. The van der Waals surface area contributed by atoms with Crippen LogP contribution < -0.4 is 10.1 Å². The highest BCUT2D eigenvalue weighted by Crippen LogP contribution is 2.34. The summed E-state index contributed by atoms with van der Waals surface area (Å²) in [5, 5.41) is 4.88. The van der Waals surface area contributed by atoms with Crippen LogP contribution in [0.15, 0.2) is 18.2 Å². The first kappa shape index (κ1) is 11.6. The Morgan fingerprint density at radius 3 is 2.89 bits per heavy atom. The first-order chi connectivity index (χ1) is 8.72. The highest BCUT2D eigenvalue weighted by Gasteiger charge is 2.21. The molecule has 0 aliphatic carbocycles. The van der Waals surface area contributed by atoms with Crippen molar-refractivity contribution >= 4 is 10.9 Å². The molecule has 0 saturated carbocycles. The molecule has 1 saturated heterocycles. The minimum absolute atomic E-state index is 0.492. The van der Waals surface area contributed by atoms with Gasteiger partial charge < -0.3 is 14.6 Å². The van der Waals surface area contributed by atoms with Crippen LogP contribution in [0.3, 0.4) is 0 Å². The van der Waals surface area contributed by atoms with Gasteiger partial charge in [-0.3, -0.25) is 0 Å². The number of nitrogens with one attached hydrogen (secondary N) is 1. The van der Waals surface area contributed by atoms with E-state index in [0.717, 1.165) is 12.3 Å². The molecule has 1 aromatic heterocycles. The number of hydrogen-bond donors (Lipinski definition) is 1. The average molecular weight is 244 g/mol. The monoisotopic (exact) mass is 244 g/mol. The molecular formula is C15H20N2O. The van der Waals surface area contributed by atoms with E-state index in [2.05, 4.69) is 42.1 Å². The summed E-state index contributed by atoms with van der Waals surface area (Å²) in [6.07, 6.45) is 2.49. The van der Waals surface area contributed by atoms with Crippen molar-refractivity contribution in [1.29, 1.82) is 0 Å². The summed E-state index contributed by atoms with van der Waals surface area (Å²) in [7, 11) is 3.88. The van der Waals surface area contributed by atoms with Crippen LogP contribution in [0.1, 0.15) is 30.1 Å². The van der Waals surface area contributed by atoms with E-state index < -0.39 is 0 Å². The number of aryl methyl sites for hydroxylation is 2. The Morgan fingerprint density at radius 2 is 2.22 bits per heavy atom. The predicted molar refractivity (Wildman–Crippen MR) is 74.2 cm³/mol. The van der Waals surface area contributed by atoms with E-state index in [1.54, 1.807) is 7.11 Å². The fourth-order valence-corrected chi connectivity index (χ4v) is 3.03. The van der Waals surface area contributed by atoms with Crippen molar-refractivity contribution in [2.24, 2.45) is 7.05 Å². The highest BCUT2D eigenvalue weighted by molar-refractivity contribution is 5.90. The average Bonchev–Trinajstić information content (AvgIpc) is 2.99. The third-order valence-corrected chi connectivity index (χ3v) is 4.05. The molecule has 96 valence electrons. The second-order valence-corrected chi connectivity index (χ2v) is 5.12. The summed E-state index contributed by atoms with van der Waals surface area (Å²) in [6.45, 7) is 3.29. The van der Waals surface area contributed by atoms with Gasteiger partial charge >= 0.3 is 0 Å². The van der Waals surface area contributed by atoms with Gasteiger partial charge in [0.15, 0.2) is 0 Å². The molecule has 2 heterocycles. The number of aromatic nitrogens is 1. The second kappa shape index (κ2) is 4.32. The van der Waals surface area contributed by atoms with Crippen molar-refractivity contribution in [2.75, 3.05) is 13.7 Å². The van der Waals surface area contributed by atoms with Crippen LogP contribution in [0.25, 0.3) is 10.9 Å². The maximum absolute atomic E-state index is 5.50. The van der Waals surface area contributed by atoms with E-state index in [-0.39, 0.29) is 0 Å². The molecule has 1 aliphatic heterocycles. The summed E-state index contributed by atoms with van der Waals surface area (Å²) in [6, 6.07) is 7.00. The molecule has 0 radical (unpaired) electrons. The number of hydrogen-bond acceptors (Lipinski definition) is 2. The molecule has 1 N–H and O–H groups in total. The van der Waals surface area contributed by atoms with Gasteiger partial charge in [0, 0.05) is 24.2 Å². The van der Waals surface area contributed by atoms with Gasteiger partial charge in [-0.05, 0) is 44.0 Å². The fraction of sp³-hybridized carbons (Fsp3) is 0.467. The summed E-state index contributed by atoms with van der Waals surface area (Å²) >= 11 is 0. The summed E-state index contributed by atoms with van der Waals surface area (Å²) < 4.78 is 7.78. The van der Waals surface area contributed by atoms with Crippen LogP contribution >= 0.6 is 0 Å². The third-order valence-electron chi connectivity index (χ3n) is 4.05. The zero-order valence-electron chi connectivity index (χ0n) is 11.3. The molecule has 3 nitrogen and oxygen atoms in total. The molecule has 0 spiro atoms. The van der Waals surface area contributed by atoms with Crippen molar-refractivity contribution in [3.63, 3.8) is 0 Å². The quantitative estimate of drug-likeness (QED) is 0.879. The normalized spacial score (nSPS) is 19.6. The number of benzene rings is 1. The van der Waals surface area contributed by atoms with Gasteiger partial charge in [-0.15, -0.1) is 0 Å². The van der Waals surface area contributed by atoms with Crippen LogP contribution in [0.4, 0.5) is 0 Å². The second-order valence-electron chi connectivity index (χ2n) is 5.12. The standard InChI is InChI=1S/C15H20N2O/c1-10-6-7-14(18-3)15-11(10)9-13(17(15)2)12-5-4-8-16-12/h6-7,9,12,16H,4-5,8H2,1-3H3. The number of fused-ring (bicyclic) bond motifs is 1. The minimum atomic E-state index is 0.492. The molecule has 0 amide bonds. The Labute approximate surface area is 108 Å². The van der Waals surface area contributed by atoms with Crippen molar-refractivity contribution in [1.82, 2.24) is 9.88 Å². The van der Waals surface area contributed by atoms with Crippen molar-refractivity contribution in [3.05, 3.63) is 29.5 Å². The molecular weight excluding hydrogens is 224 g/mol. The lowest BCUT2D eigenvalue weighted by Gasteiger charge is -2.12. The SMILES string of the molecule is COc1ccc(C)c2cc(C3CCCN3)n(C)c12. The summed E-state index contributed by atoms with van der Waals surface area (Å²) in [5.74, 6) is 0.961.